The maximum absolute atomic E-state index is 13.0. The second-order valence-corrected chi connectivity index (χ2v) is 13.3. The summed E-state index contributed by atoms with van der Waals surface area (Å²) in [7, 11) is 0. The van der Waals surface area contributed by atoms with Crippen LogP contribution in [0.5, 0.6) is 0 Å². The van der Waals surface area contributed by atoms with Crippen LogP contribution in [0.25, 0.3) is 0 Å². The Bertz CT molecular complexity index is 755. The predicted octanol–water partition coefficient (Wildman–Crippen LogP) is 3.39. The molecule has 1 aliphatic heterocycles. The van der Waals surface area contributed by atoms with E-state index in [1.807, 2.05) is 6.92 Å². The Morgan fingerprint density at radius 1 is 0.912 bits per heavy atom. The van der Waals surface area contributed by atoms with Crippen molar-refractivity contribution in [3.8, 4) is 0 Å². The fraction of sp³-hybridized carbons (Fsp3) is 0.964. The standard InChI is InChI=1S/C28H48O6/c1-14(2)15(3)24(31)25(32)16(4)18-7-8-19-17-13-34-26(33)21-11-22(29)23(30)12-28(21,6)20(17)9-10-27(18,19)5/h14-25,29-32H,7-13H2,1-6H3/t15-,16-,17-,18+,19+,20-,21+,22-,23+,24+,25+,27+,28+/m0/s1. The highest BCUT2D eigenvalue weighted by atomic mass is 16.5. The molecule has 0 unspecified atom stereocenters. The molecule has 4 fully saturated rings. The Morgan fingerprint density at radius 2 is 1.56 bits per heavy atom. The average molecular weight is 481 g/mol. The summed E-state index contributed by atoms with van der Waals surface area (Å²) in [5.74, 6) is 0.948. The summed E-state index contributed by atoms with van der Waals surface area (Å²) >= 11 is 0. The minimum Gasteiger partial charge on any atom is -0.465 e. The van der Waals surface area contributed by atoms with E-state index in [4.69, 9.17) is 4.74 Å². The summed E-state index contributed by atoms with van der Waals surface area (Å²) in [5.41, 5.74) is -0.345. The quantitative estimate of drug-likeness (QED) is 0.450. The van der Waals surface area contributed by atoms with Gasteiger partial charge < -0.3 is 25.2 Å². The zero-order valence-corrected chi connectivity index (χ0v) is 22.0. The monoisotopic (exact) mass is 480 g/mol. The molecule has 6 heteroatoms. The summed E-state index contributed by atoms with van der Waals surface area (Å²) < 4.78 is 5.86. The number of esters is 1. The van der Waals surface area contributed by atoms with E-state index in [-0.39, 0.29) is 52.8 Å². The van der Waals surface area contributed by atoms with Gasteiger partial charge in [-0.25, -0.2) is 0 Å². The minimum atomic E-state index is -0.867. The highest BCUT2D eigenvalue weighted by molar-refractivity contribution is 5.74. The number of rotatable bonds is 5. The Morgan fingerprint density at radius 3 is 2.21 bits per heavy atom. The van der Waals surface area contributed by atoms with E-state index in [9.17, 15) is 25.2 Å². The van der Waals surface area contributed by atoms with Crippen molar-refractivity contribution in [2.24, 2.45) is 58.2 Å². The van der Waals surface area contributed by atoms with Crippen molar-refractivity contribution in [3.63, 3.8) is 0 Å². The van der Waals surface area contributed by atoms with Crippen LogP contribution in [0.4, 0.5) is 0 Å². The van der Waals surface area contributed by atoms with Crippen molar-refractivity contribution >= 4 is 5.97 Å². The molecule has 3 aliphatic carbocycles. The van der Waals surface area contributed by atoms with Gasteiger partial charge in [0.15, 0.2) is 0 Å². The Kier molecular flexibility index (Phi) is 7.23. The van der Waals surface area contributed by atoms with Crippen molar-refractivity contribution in [1.29, 1.82) is 0 Å². The van der Waals surface area contributed by atoms with Crippen LogP contribution >= 0.6 is 0 Å². The van der Waals surface area contributed by atoms with Crippen molar-refractivity contribution in [3.05, 3.63) is 0 Å². The molecule has 13 atom stereocenters. The maximum atomic E-state index is 13.0. The molecular weight excluding hydrogens is 432 g/mol. The lowest BCUT2D eigenvalue weighted by atomic mass is 9.48. The third-order valence-electron chi connectivity index (χ3n) is 11.5. The summed E-state index contributed by atoms with van der Waals surface area (Å²) in [5, 5.41) is 42.9. The second-order valence-electron chi connectivity index (χ2n) is 13.3. The van der Waals surface area contributed by atoms with Crippen LogP contribution < -0.4 is 0 Å². The molecule has 0 spiro atoms. The fourth-order valence-corrected chi connectivity index (χ4v) is 8.95. The molecule has 1 saturated heterocycles. The van der Waals surface area contributed by atoms with E-state index < -0.39 is 24.4 Å². The molecule has 6 nitrogen and oxygen atoms in total. The van der Waals surface area contributed by atoms with E-state index in [0.717, 1.165) is 25.7 Å². The Labute approximate surface area is 205 Å². The lowest BCUT2D eigenvalue weighted by Crippen LogP contribution is -2.55. The first-order chi connectivity index (χ1) is 15.8. The zero-order chi connectivity index (χ0) is 25.2. The molecule has 0 aromatic carbocycles. The van der Waals surface area contributed by atoms with Crippen molar-refractivity contribution < 1.29 is 30.0 Å². The molecule has 0 amide bonds. The van der Waals surface area contributed by atoms with Gasteiger partial charge in [0, 0.05) is 0 Å². The molecule has 0 bridgehead atoms. The molecule has 196 valence electrons. The van der Waals surface area contributed by atoms with Crippen LogP contribution in [0.1, 0.15) is 80.1 Å². The smallest absolute Gasteiger partial charge is 0.309 e. The lowest BCUT2D eigenvalue weighted by Gasteiger charge is -2.56. The van der Waals surface area contributed by atoms with Gasteiger partial charge in [0.1, 0.15) is 0 Å². The van der Waals surface area contributed by atoms with Gasteiger partial charge in [-0.3, -0.25) is 4.79 Å². The lowest BCUT2D eigenvalue weighted by molar-refractivity contribution is -0.162. The van der Waals surface area contributed by atoms with Crippen LogP contribution in [0, 0.1) is 58.2 Å². The van der Waals surface area contributed by atoms with Gasteiger partial charge >= 0.3 is 5.97 Å². The summed E-state index contributed by atoms with van der Waals surface area (Å²) in [6.07, 6.45) is 1.61. The number of fused-ring (bicyclic) bond motifs is 5. The van der Waals surface area contributed by atoms with Crippen LogP contribution in [0.3, 0.4) is 0 Å². The molecular formula is C28H48O6. The summed E-state index contributed by atoms with van der Waals surface area (Å²) in [6.45, 7) is 13.2. The van der Waals surface area contributed by atoms with Gasteiger partial charge in [-0.1, -0.05) is 41.5 Å². The third-order valence-corrected chi connectivity index (χ3v) is 11.5. The van der Waals surface area contributed by atoms with E-state index >= 15 is 0 Å². The van der Waals surface area contributed by atoms with Crippen LogP contribution in [0.15, 0.2) is 0 Å². The first-order valence-corrected chi connectivity index (χ1v) is 13.7. The number of ether oxygens (including phenoxy) is 1. The first kappa shape index (κ1) is 26.4. The molecule has 0 aromatic rings. The van der Waals surface area contributed by atoms with E-state index in [2.05, 4.69) is 34.6 Å². The second kappa shape index (κ2) is 9.32. The summed E-state index contributed by atoms with van der Waals surface area (Å²) in [4.78, 5) is 13.0. The van der Waals surface area contributed by atoms with Gasteiger partial charge in [-0.05, 0) is 90.8 Å². The van der Waals surface area contributed by atoms with Gasteiger partial charge in [-0.2, -0.15) is 0 Å². The van der Waals surface area contributed by atoms with Gasteiger partial charge in [0.05, 0.1) is 36.9 Å². The number of aliphatic hydroxyl groups is 4. The number of carbonyl (C=O) groups excluding carboxylic acids is 1. The van der Waals surface area contributed by atoms with Crippen LogP contribution in [0.2, 0.25) is 0 Å². The SMILES string of the molecule is CC(C)[C@H](C)[C@@H](O)[C@H](O)[C@@H](C)[C@H]1CC[C@@H]2[C@@H]3COC(=O)[C@H]4C[C@H](O)[C@H](O)C[C@]4(C)[C@H]3CC[C@]12C. The molecule has 4 N–H and O–H groups in total. The van der Waals surface area contributed by atoms with Gasteiger partial charge in [-0.15, -0.1) is 0 Å². The number of carbonyl (C=O) groups is 1. The molecule has 0 aromatic heterocycles. The van der Waals surface area contributed by atoms with Crippen molar-refractivity contribution in [2.75, 3.05) is 6.61 Å². The Balaban J connectivity index is 1.58. The molecule has 4 rings (SSSR count). The fourth-order valence-electron chi connectivity index (χ4n) is 8.95. The highest BCUT2D eigenvalue weighted by Crippen LogP contribution is 2.66. The molecule has 0 radical (unpaired) electrons. The number of cyclic esters (lactones) is 1. The van der Waals surface area contributed by atoms with E-state index in [1.54, 1.807) is 0 Å². The number of aliphatic hydroxyl groups excluding tert-OH is 4. The first-order valence-electron chi connectivity index (χ1n) is 13.7. The summed E-state index contributed by atoms with van der Waals surface area (Å²) in [6, 6.07) is 0. The van der Waals surface area contributed by atoms with Crippen LogP contribution in [-0.4, -0.2) is 57.4 Å². The van der Waals surface area contributed by atoms with E-state index in [1.165, 1.54) is 0 Å². The molecule has 34 heavy (non-hydrogen) atoms. The van der Waals surface area contributed by atoms with Crippen molar-refractivity contribution in [1.82, 2.24) is 0 Å². The zero-order valence-electron chi connectivity index (χ0n) is 22.0. The topological polar surface area (TPSA) is 107 Å². The highest BCUT2D eigenvalue weighted by Gasteiger charge is 2.63. The molecule has 1 heterocycles. The third kappa shape index (κ3) is 4.05. The van der Waals surface area contributed by atoms with Gasteiger partial charge in [0.25, 0.3) is 0 Å². The normalized spacial score (nSPS) is 48.1. The average Bonchev–Trinajstić information content (AvgIpc) is 3.09. The number of hydrogen-bond donors (Lipinski definition) is 4. The van der Waals surface area contributed by atoms with Gasteiger partial charge in [0.2, 0.25) is 0 Å². The predicted molar refractivity (Wildman–Crippen MR) is 130 cm³/mol. The van der Waals surface area contributed by atoms with E-state index in [0.29, 0.717) is 30.8 Å². The Hall–Kier alpha value is -0.690. The number of hydrogen-bond acceptors (Lipinski definition) is 6. The molecule has 3 saturated carbocycles. The maximum Gasteiger partial charge on any atom is 0.309 e. The largest absolute Gasteiger partial charge is 0.465 e. The van der Waals surface area contributed by atoms with Crippen LogP contribution in [-0.2, 0) is 9.53 Å². The van der Waals surface area contributed by atoms with Crippen molar-refractivity contribution in [2.45, 2.75) is 104 Å². The molecule has 4 aliphatic rings. The minimum absolute atomic E-state index is 0.00827.